The Balaban J connectivity index is 1.58. The molecular formula is C28H36N8O4S. The number of carbonyl (C=O) groups is 3. The maximum Gasteiger partial charge on any atom is 0.347 e. The number of fused-ring (bicyclic) bond motifs is 1. The molecular weight excluding hydrogens is 544 g/mol. The molecule has 0 spiro atoms. The van der Waals surface area contributed by atoms with E-state index in [0.29, 0.717) is 60.3 Å². The highest BCUT2D eigenvalue weighted by atomic mass is 32.1. The van der Waals surface area contributed by atoms with Crippen LogP contribution in [0.4, 0.5) is 22.7 Å². The number of benzene rings is 1. The first-order chi connectivity index (χ1) is 19.6. The van der Waals surface area contributed by atoms with Gasteiger partial charge in [0.15, 0.2) is 5.13 Å². The van der Waals surface area contributed by atoms with Gasteiger partial charge in [-0.25, -0.2) is 9.78 Å². The number of aromatic nitrogens is 3. The molecule has 0 atom stereocenters. The summed E-state index contributed by atoms with van der Waals surface area (Å²) < 4.78 is 0. The van der Waals surface area contributed by atoms with E-state index in [4.69, 9.17) is 4.98 Å². The summed E-state index contributed by atoms with van der Waals surface area (Å²) in [5.41, 5.74) is 3.04. The van der Waals surface area contributed by atoms with Gasteiger partial charge in [0, 0.05) is 50.8 Å². The molecule has 0 saturated heterocycles. The molecule has 0 saturated carbocycles. The number of amides is 2. The van der Waals surface area contributed by atoms with E-state index >= 15 is 0 Å². The van der Waals surface area contributed by atoms with Gasteiger partial charge in [-0.3, -0.25) is 14.9 Å². The maximum atomic E-state index is 12.4. The highest BCUT2D eigenvalue weighted by molar-refractivity contribution is 7.17. The highest BCUT2D eigenvalue weighted by Gasteiger charge is 2.25. The minimum Gasteiger partial charge on any atom is -0.477 e. The zero-order chi connectivity index (χ0) is 29.5. The van der Waals surface area contributed by atoms with Crippen LogP contribution in [0.1, 0.15) is 64.0 Å². The predicted octanol–water partition coefficient (Wildman–Crippen LogP) is 3.57. The number of aryl methyl sites for hydroxylation is 1. The average molecular weight is 581 g/mol. The van der Waals surface area contributed by atoms with Crippen LogP contribution in [0.15, 0.2) is 24.3 Å². The third kappa shape index (κ3) is 7.91. The van der Waals surface area contributed by atoms with Crippen molar-refractivity contribution in [1.82, 2.24) is 25.6 Å². The Morgan fingerprint density at radius 2 is 1.83 bits per heavy atom. The second-order valence-electron chi connectivity index (χ2n) is 10.3. The fourth-order valence-electron chi connectivity index (χ4n) is 4.42. The molecule has 2 amide bonds. The molecule has 1 aromatic carbocycles. The Morgan fingerprint density at radius 1 is 1.07 bits per heavy atom. The van der Waals surface area contributed by atoms with Gasteiger partial charge in [-0.2, -0.15) is 9.97 Å². The van der Waals surface area contributed by atoms with Gasteiger partial charge in [-0.1, -0.05) is 37.3 Å². The molecule has 0 radical (unpaired) electrons. The number of hydrogen-bond acceptors (Lipinski definition) is 10. The maximum absolute atomic E-state index is 12.4. The van der Waals surface area contributed by atoms with E-state index in [1.54, 1.807) is 6.92 Å². The summed E-state index contributed by atoms with van der Waals surface area (Å²) in [6.07, 6.45) is 1.69. The monoisotopic (exact) mass is 580 g/mol. The quantitative estimate of drug-likeness (QED) is 0.200. The molecule has 1 aliphatic heterocycles. The van der Waals surface area contributed by atoms with Crippen molar-refractivity contribution in [1.29, 1.82) is 0 Å². The second kappa shape index (κ2) is 13.4. The SMILES string of the molecule is CC(=O)NCCNc1nc(Nc2nc(C)c(C(=O)O)s2)nc2c1CCCN2Cc1ccc(C(=O)NCC(C)C)cc1. The zero-order valence-electron chi connectivity index (χ0n) is 23.7. The Hall–Kier alpha value is -4.26. The molecule has 2 aromatic heterocycles. The van der Waals surface area contributed by atoms with Crippen LogP contribution in [-0.4, -0.2) is 64.0 Å². The number of thiazole rings is 1. The number of nitrogens with zero attached hydrogens (tertiary/aromatic N) is 4. The fraction of sp³-hybridized carbons (Fsp3) is 0.429. The third-order valence-corrected chi connectivity index (χ3v) is 7.46. The van der Waals surface area contributed by atoms with Crippen LogP contribution in [0.5, 0.6) is 0 Å². The van der Waals surface area contributed by atoms with Crippen molar-refractivity contribution in [2.24, 2.45) is 5.92 Å². The summed E-state index contributed by atoms with van der Waals surface area (Å²) in [4.78, 5) is 51.4. The number of carboxylic acids is 1. The van der Waals surface area contributed by atoms with Gasteiger partial charge < -0.3 is 26.0 Å². The standard InChI is InChI=1S/C28H36N8O4S/c1-16(2)14-31-25(38)20-9-7-19(8-10-20)15-36-13-5-6-21-23(30-12-11-29-18(4)37)33-27(34-24(21)36)35-28-32-17(3)22(41-28)26(39)40/h7-10,16H,5-6,11-15H2,1-4H3,(H,29,37)(H,31,38)(H,39,40)(H2,30,32,33,34,35). The molecule has 0 unspecified atom stereocenters. The predicted molar refractivity (Wildman–Crippen MR) is 159 cm³/mol. The Kier molecular flexibility index (Phi) is 9.71. The number of anilines is 4. The smallest absolute Gasteiger partial charge is 0.347 e. The number of hydrogen-bond donors (Lipinski definition) is 5. The first-order valence-electron chi connectivity index (χ1n) is 13.6. The van der Waals surface area contributed by atoms with Gasteiger partial charge in [-0.15, -0.1) is 0 Å². The van der Waals surface area contributed by atoms with Gasteiger partial charge in [-0.05, 0) is 43.4 Å². The number of aromatic carboxylic acids is 1. The molecule has 0 bridgehead atoms. The van der Waals surface area contributed by atoms with E-state index in [-0.39, 0.29) is 16.7 Å². The van der Waals surface area contributed by atoms with Gasteiger partial charge in [0.25, 0.3) is 5.91 Å². The molecule has 41 heavy (non-hydrogen) atoms. The Labute approximate surface area is 243 Å². The van der Waals surface area contributed by atoms with Gasteiger partial charge in [0.1, 0.15) is 16.5 Å². The summed E-state index contributed by atoms with van der Waals surface area (Å²) >= 11 is 1.03. The molecule has 3 aromatic rings. The molecule has 3 heterocycles. The van der Waals surface area contributed by atoms with Crippen molar-refractivity contribution in [3.05, 3.63) is 51.5 Å². The van der Waals surface area contributed by atoms with E-state index in [9.17, 15) is 19.5 Å². The van der Waals surface area contributed by atoms with Gasteiger partial charge >= 0.3 is 5.97 Å². The molecule has 12 nitrogen and oxygen atoms in total. The molecule has 5 N–H and O–H groups in total. The molecule has 0 fully saturated rings. The van der Waals surface area contributed by atoms with Crippen LogP contribution >= 0.6 is 11.3 Å². The lowest BCUT2D eigenvalue weighted by Crippen LogP contribution is -2.32. The largest absolute Gasteiger partial charge is 0.477 e. The number of nitrogens with one attached hydrogen (secondary N) is 4. The second-order valence-corrected chi connectivity index (χ2v) is 11.3. The van der Waals surface area contributed by atoms with Crippen LogP contribution in [0, 0.1) is 12.8 Å². The van der Waals surface area contributed by atoms with Crippen LogP contribution in [0.25, 0.3) is 0 Å². The third-order valence-electron chi connectivity index (χ3n) is 6.40. The molecule has 1 aliphatic rings. The Bertz CT molecular complexity index is 1410. The minimum atomic E-state index is -1.03. The first-order valence-corrected chi connectivity index (χ1v) is 14.4. The molecule has 0 aliphatic carbocycles. The van der Waals surface area contributed by atoms with Gasteiger partial charge in [0.05, 0.1) is 5.69 Å². The normalized spacial score (nSPS) is 12.6. The van der Waals surface area contributed by atoms with E-state index in [0.717, 1.165) is 47.7 Å². The number of carbonyl (C=O) groups excluding carboxylic acids is 2. The first kappa shape index (κ1) is 29.7. The van der Waals surface area contributed by atoms with Crippen molar-refractivity contribution < 1.29 is 19.5 Å². The van der Waals surface area contributed by atoms with E-state index < -0.39 is 5.97 Å². The molecule has 218 valence electrons. The van der Waals surface area contributed by atoms with Crippen molar-refractivity contribution in [3.8, 4) is 0 Å². The average Bonchev–Trinajstić information content (AvgIpc) is 3.30. The summed E-state index contributed by atoms with van der Waals surface area (Å²) in [5, 5.41) is 21.9. The van der Waals surface area contributed by atoms with E-state index in [2.05, 4.69) is 50.0 Å². The van der Waals surface area contributed by atoms with E-state index in [1.165, 1.54) is 6.92 Å². The number of rotatable bonds is 12. The molecule has 13 heteroatoms. The fourth-order valence-corrected chi connectivity index (χ4v) is 5.22. The van der Waals surface area contributed by atoms with Crippen LogP contribution in [-0.2, 0) is 17.8 Å². The van der Waals surface area contributed by atoms with Crippen molar-refractivity contribution in [2.75, 3.05) is 41.7 Å². The lowest BCUT2D eigenvalue weighted by molar-refractivity contribution is -0.118. The van der Waals surface area contributed by atoms with Crippen LogP contribution in [0.2, 0.25) is 0 Å². The summed E-state index contributed by atoms with van der Waals surface area (Å²) in [6, 6.07) is 7.58. The molecule has 4 rings (SSSR count). The summed E-state index contributed by atoms with van der Waals surface area (Å²) in [5.74, 6) is 0.854. The van der Waals surface area contributed by atoms with Crippen LogP contribution in [0.3, 0.4) is 0 Å². The number of carboxylic acid groups (broad SMARTS) is 1. The van der Waals surface area contributed by atoms with E-state index in [1.807, 2.05) is 24.3 Å². The Morgan fingerprint density at radius 3 is 2.49 bits per heavy atom. The highest BCUT2D eigenvalue weighted by Crippen LogP contribution is 2.34. The lowest BCUT2D eigenvalue weighted by atomic mass is 10.0. The van der Waals surface area contributed by atoms with Gasteiger partial charge in [0.2, 0.25) is 11.9 Å². The summed E-state index contributed by atoms with van der Waals surface area (Å²) in [6.45, 7) is 10.1. The zero-order valence-corrected chi connectivity index (χ0v) is 24.5. The minimum absolute atomic E-state index is 0.0875. The van der Waals surface area contributed by atoms with Crippen molar-refractivity contribution in [3.63, 3.8) is 0 Å². The topological polar surface area (TPSA) is 161 Å². The van der Waals surface area contributed by atoms with Crippen LogP contribution < -0.4 is 26.2 Å². The van der Waals surface area contributed by atoms with Crippen molar-refractivity contribution >= 4 is 51.8 Å². The lowest BCUT2D eigenvalue weighted by Gasteiger charge is -2.31. The van der Waals surface area contributed by atoms with Crippen molar-refractivity contribution in [2.45, 2.75) is 47.1 Å². The summed E-state index contributed by atoms with van der Waals surface area (Å²) in [7, 11) is 0.